The fraction of sp³-hybridized carbons (Fsp3) is 0.500. The van der Waals surface area contributed by atoms with Gasteiger partial charge in [-0.25, -0.2) is 4.79 Å². The molecule has 0 saturated carbocycles. The number of amides is 3. The zero-order chi connectivity index (χ0) is 19.2. The van der Waals surface area contributed by atoms with Crippen LogP contribution in [0.15, 0.2) is 36.4 Å². The monoisotopic (exact) mass is 373 g/mol. The minimum atomic E-state index is -0.388. The van der Waals surface area contributed by atoms with Crippen LogP contribution in [0.4, 0.5) is 10.5 Å². The van der Waals surface area contributed by atoms with Crippen molar-refractivity contribution in [2.24, 2.45) is 0 Å². The van der Waals surface area contributed by atoms with E-state index in [9.17, 15) is 9.59 Å². The van der Waals surface area contributed by atoms with Crippen LogP contribution in [-0.2, 0) is 9.53 Å². The molecule has 0 spiro atoms. The summed E-state index contributed by atoms with van der Waals surface area (Å²) in [5, 5.41) is 2.88. The standard InChI is InChI=1S/C20H27N3O4/c1-15(2)14-27-17-7-5-16(6-8-17)21-20(25)23-9-3-4-18(23)19(24)22-10-12-26-13-11-22/h5-8,18H,1,3-4,9-14H2,2H3,(H,21,25)/t18-/m0/s1. The fourth-order valence-corrected chi connectivity index (χ4v) is 3.30. The van der Waals surface area contributed by atoms with Crippen molar-refractivity contribution in [1.82, 2.24) is 9.80 Å². The molecule has 146 valence electrons. The van der Waals surface area contributed by atoms with E-state index in [0.29, 0.717) is 51.6 Å². The Morgan fingerprint density at radius 2 is 1.93 bits per heavy atom. The first-order valence-corrected chi connectivity index (χ1v) is 9.36. The summed E-state index contributed by atoms with van der Waals surface area (Å²) in [4.78, 5) is 28.9. The lowest BCUT2D eigenvalue weighted by Crippen LogP contribution is -2.51. The second kappa shape index (κ2) is 8.90. The van der Waals surface area contributed by atoms with Crippen molar-refractivity contribution in [3.8, 4) is 5.75 Å². The average molecular weight is 373 g/mol. The Morgan fingerprint density at radius 3 is 2.59 bits per heavy atom. The molecule has 0 bridgehead atoms. The lowest BCUT2D eigenvalue weighted by molar-refractivity contribution is -0.139. The van der Waals surface area contributed by atoms with Crippen molar-refractivity contribution < 1.29 is 19.1 Å². The van der Waals surface area contributed by atoms with E-state index in [4.69, 9.17) is 9.47 Å². The van der Waals surface area contributed by atoms with E-state index in [-0.39, 0.29) is 18.0 Å². The summed E-state index contributed by atoms with van der Waals surface area (Å²) >= 11 is 0. The van der Waals surface area contributed by atoms with Crippen LogP contribution in [0.2, 0.25) is 0 Å². The van der Waals surface area contributed by atoms with E-state index in [1.54, 1.807) is 34.1 Å². The molecular formula is C20H27N3O4. The lowest BCUT2D eigenvalue weighted by atomic mass is 10.2. The molecule has 0 aliphatic carbocycles. The van der Waals surface area contributed by atoms with Gasteiger partial charge in [0, 0.05) is 25.3 Å². The predicted molar refractivity (Wildman–Crippen MR) is 103 cm³/mol. The van der Waals surface area contributed by atoms with E-state index < -0.39 is 0 Å². The van der Waals surface area contributed by atoms with Crippen molar-refractivity contribution in [3.05, 3.63) is 36.4 Å². The van der Waals surface area contributed by atoms with Gasteiger partial charge in [-0.3, -0.25) is 4.79 Å². The Kier molecular flexibility index (Phi) is 6.34. The van der Waals surface area contributed by atoms with Crippen LogP contribution in [0.3, 0.4) is 0 Å². The predicted octanol–water partition coefficient (Wildman–Crippen LogP) is 2.50. The van der Waals surface area contributed by atoms with Gasteiger partial charge in [0.1, 0.15) is 18.4 Å². The summed E-state index contributed by atoms with van der Waals surface area (Å²) in [5.41, 5.74) is 1.62. The number of nitrogens with zero attached hydrogens (tertiary/aromatic N) is 2. The van der Waals surface area contributed by atoms with Crippen LogP contribution < -0.4 is 10.1 Å². The van der Waals surface area contributed by atoms with Gasteiger partial charge in [-0.1, -0.05) is 6.58 Å². The molecule has 2 saturated heterocycles. The molecule has 1 atom stereocenters. The van der Waals surface area contributed by atoms with Gasteiger partial charge in [0.15, 0.2) is 0 Å². The zero-order valence-electron chi connectivity index (χ0n) is 15.8. The highest BCUT2D eigenvalue weighted by Crippen LogP contribution is 2.22. The molecule has 0 radical (unpaired) electrons. The first-order chi connectivity index (χ1) is 13.0. The minimum absolute atomic E-state index is 0.0227. The van der Waals surface area contributed by atoms with Crippen molar-refractivity contribution in [1.29, 1.82) is 0 Å². The summed E-state index contributed by atoms with van der Waals surface area (Å²) in [5.74, 6) is 0.743. The largest absolute Gasteiger partial charge is 0.489 e. The molecular weight excluding hydrogens is 346 g/mol. The maximum atomic E-state index is 12.8. The zero-order valence-corrected chi connectivity index (χ0v) is 15.8. The number of anilines is 1. The first kappa shape index (κ1) is 19.2. The van der Waals surface area contributed by atoms with Gasteiger partial charge < -0.3 is 24.6 Å². The molecule has 3 rings (SSSR count). The highest BCUT2D eigenvalue weighted by Gasteiger charge is 2.37. The molecule has 2 fully saturated rings. The molecule has 3 amide bonds. The summed E-state index contributed by atoms with van der Waals surface area (Å²) in [6.07, 6.45) is 1.54. The second-order valence-electron chi connectivity index (χ2n) is 6.99. The van der Waals surface area contributed by atoms with Gasteiger partial charge in [-0.2, -0.15) is 0 Å². The molecule has 7 nitrogen and oxygen atoms in total. The third kappa shape index (κ3) is 5.01. The highest BCUT2D eigenvalue weighted by atomic mass is 16.5. The molecule has 2 aliphatic heterocycles. The lowest BCUT2D eigenvalue weighted by Gasteiger charge is -2.32. The van der Waals surface area contributed by atoms with Crippen LogP contribution in [0, 0.1) is 0 Å². The number of hydrogen-bond acceptors (Lipinski definition) is 4. The summed E-state index contributed by atoms with van der Waals surface area (Å²) in [6.45, 7) is 9.06. The molecule has 1 aromatic rings. The molecule has 2 heterocycles. The number of carbonyl (C=O) groups is 2. The van der Waals surface area contributed by atoms with Gasteiger partial charge in [-0.15, -0.1) is 0 Å². The van der Waals surface area contributed by atoms with E-state index in [0.717, 1.165) is 17.7 Å². The second-order valence-corrected chi connectivity index (χ2v) is 6.99. The SMILES string of the molecule is C=C(C)COc1ccc(NC(=O)N2CCC[C@H]2C(=O)N2CCOCC2)cc1. The van der Waals surface area contributed by atoms with Gasteiger partial charge in [0.05, 0.1) is 13.2 Å². The quantitative estimate of drug-likeness (QED) is 0.805. The van der Waals surface area contributed by atoms with Gasteiger partial charge in [0.25, 0.3) is 0 Å². The van der Waals surface area contributed by atoms with Crippen molar-refractivity contribution >= 4 is 17.6 Å². The maximum Gasteiger partial charge on any atom is 0.322 e. The number of urea groups is 1. The molecule has 7 heteroatoms. The molecule has 1 N–H and O–H groups in total. The molecule has 2 aliphatic rings. The van der Waals surface area contributed by atoms with Crippen LogP contribution in [-0.4, -0.2) is 67.2 Å². The Morgan fingerprint density at radius 1 is 1.22 bits per heavy atom. The third-order valence-electron chi connectivity index (χ3n) is 4.71. The van der Waals surface area contributed by atoms with Crippen molar-refractivity contribution in [2.45, 2.75) is 25.8 Å². The molecule has 0 aromatic heterocycles. The van der Waals surface area contributed by atoms with Crippen LogP contribution in [0.1, 0.15) is 19.8 Å². The number of morpholine rings is 1. The third-order valence-corrected chi connectivity index (χ3v) is 4.71. The maximum absolute atomic E-state index is 12.8. The topological polar surface area (TPSA) is 71.1 Å². The Balaban J connectivity index is 1.57. The normalized spacial score (nSPS) is 19.7. The van der Waals surface area contributed by atoms with Crippen molar-refractivity contribution in [2.75, 3.05) is 44.8 Å². The van der Waals surface area contributed by atoms with Crippen LogP contribution >= 0.6 is 0 Å². The number of likely N-dealkylation sites (tertiary alicyclic amines) is 1. The summed E-state index contributed by atoms with van der Waals surface area (Å²) in [6, 6.07) is 6.56. The Hall–Kier alpha value is -2.54. The number of ether oxygens (including phenoxy) is 2. The van der Waals surface area contributed by atoms with Crippen LogP contribution in [0.5, 0.6) is 5.75 Å². The molecule has 0 unspecified atom stereocenters. The van der Waals surface area contributed by atoms with Gasteiger partial charge in [0.2, 0.25) is 5.91 Å². The molecule has 27 heavy (non-hydrogen) atoms. The number of nitrogens with one attached hydrogen (secondary N) is 1. The fourth-order valence-electron chi connectivity index (χ4n) is 3.30. The minimum Gasteiger partial charge on any atom is -0.489 e. The van der Waals surface area contributed by atoms with Crippen molar-refractivity contribution in [3.63, 3.8) is 0 Å². The number of rotatable bonds is 5. The molecule has 1 aromatic carbocycles. The summed E-state index contributed by atoms with van der Waals surface area (Å²) < 4.78 is 10.9. The van der Waals surface area contributed by atoms with Crippen LogP contribution in [0.25, 0.3) is 0 Å². The Bertz CT molecular complexity index is 683. The van der Waals surface area contributed by atoms with E-state index >= 15 is 0 Å². The average Bonchev–Trinajstić information content (AvgIpc) is 3.17. The first-order valence-electron chi connectivity index (χ1n) is 9.36. The van der Waals surface area contributed by atoms with E-state index in [1.807, 2.05) is 6.92 Å². The number of benzene rings is 1. The highest BCUT2D eigenvalue weighted by molar-refractivity contribution is 5.94. The van der Waals surface area contributed by atoms with E-state index in [2.05, 4.69) is 11.9 Å². The number of hydrogen-bond donors (Lipinski definition) is 1. The van der Waals surface area contributed by atoms with Gasteiger partial charge >= 0.3 is 6.03 Å². The van der Waals surface area contributed by atoms with E-state index in [1.165, 1.54) is 0 Å². The Labute approximate surface area is 159 Å². The smallest absolute Gasteiger partial charge is 0.322 e. The number of carbonyl (C=O) groups excluding carboxylic acids is 2. The summed E-state index contributed by atoms with van der Waals surface area (Å²) in [7, 11) is 0. The van der Waals surface area contributed by atoms with Gasteiger partial charge in [-0.05, 0) is 49.6 Å².